The van der Waals surface area contributed by atoms with Crippen molar-refractivity contribution >= 4 is 23.4 Å². The molecule has 2 N–H and O–H groups in total. The molecule has 0 aliphatic rings. The van der Waals surface area contributed by atoms with Crippen LogP contribution in [0, 0.1) is 27.7 Å². The zero-order valence-electron chi connectivity index (χ0n) is 17.1. The lowest BCUT2D eigenvalue weighted by Crippen LogP contribution is -2.19. The summed E-state index contributed by atoms with van der Waals surface area (Å²) in [5.74, 6) is 0.0476. The number of rotatable bonds is 6. The van der Waals surface area contributed by atoms with Crippen LogP contribution in [0.1, 0.15) is 33.5 Å². The van der Waals surface area contributed by atoms with Gasteiger partial charge in [0, 0.05) is 23.4 Å². The number of carbonyl (C=O) groups is 1. The van der Waals surface area contributed by atoms with Gasteiger partial charge >= 0.3 is 0 Å². The van der Waals surface area contributed by atoms with Crippen LogP contribution in [0.25, 0.3) is 0 Å². The first kappa shape index (κ1) is 20.9. The summed E-state index contributed by atoms with van der Waals surface area (Å²) in [6.45, 7) is 7.83. The third kappa shape index (κ3) is 5.35. The molecule has 0 atom stereocenters. The van der Waals surface area contributed by atoms with E-state index in [4.69, 9.17) is 0 Å². The largest absolute Gasteiger partial charge is 0.325 e. The maximum Gasteiger partial charge on any atom is 0.255 e. The molecule has 1 heterocycles. The molecule has 0 spiro atoms. The number of H-pyrrole nitrogens is 1. The molecule has 0 bridgehead atoms. The Morgan fingerprint density at radius 1 is 1.07 bits per heavy atom. The van der Waals surface area contributed by atoms with E-state index in [9.17, 15) is 9.59 Å². The number of aryl methyl sites for hydroxylation is 4. The van der Waals surface area contributed by atoms with Crippen LogP contribution < -0.4 is 10.9 Å². The Hall–Kier alpha value is -2.86. The van der Waals surface area contributed by atoms with Gasteiger partial charge in [-0.05, 0) is 44.4 Å². The smallest absolute Gasteiger partial charge is 0.255 e. The summed E-state index contributed by atoms with van der Waals surface area (Å²) in [5, 5.41) is 3.43. The molecule has 3 rings (SSSR count). The van der Waals surface area contributed by atoms with E-state index >= 15 is 0 Å². The van der Waals surface area contributed by atoms with Crippen LogP contribution in [-0.4, -0.2) is 21.6 Å². The summed E-state index contributed by atoms with van der Waals surface area (Å²) in [6, 6.07) is 13.9. The van der Waals surface area contributed by atoms with E-state index in [-0.39, 0.29) is 17.2 Å². The Morgan fingerprint density at radius 2 is 1.72 bits per heavy atom. The van der Waals surface area contributed by atoms with Crippen molar-refractivity contribution in [3.05, 3.63) is 86.3 Å². The summed E-state index contributed by atoms with van der Waals surface area (Å²) < 4.78 is 0. The van der Waals surface area contributed by atoms with Crippen LogP contribution in [0.2, 0.25) is 0 Å². The number of hydrogen-bond acceptors (Lipinski definition) is 4. The monoisotopic (exact) mass is 407 g/mol. The summed E-state index contributed by atoms with van der Waals surface area (Å²) in [7, 11) is 0. The number of thioether (sulfide) groups is 1. The van der Waals surface area contributed by atoms with E-state index in [1.165, 1.54) is 17.3 Å². The number of amides is 1. The van der Waals surface area contributed by atoms with Crippen LogP contribution >= 0.6 is 11.8 Å². The van der Waals surface area contributed by atoms with Gasteiger partial charge in [-0.1, -0.05) is 59.8 Å². The van der Waals surface area contributed by atoms with Crippen molar-refractivity contribution in [1.82, 2.24) is 9.97 Å². The number of aromatic amines is 1. The Morgan fingerprint density at radius 3 is 2.34 bits per heavy atom. The fourth-order valence-electron chi connectivity index (χ4n) is 3.35. The molecule has 150 valence electrons. The number of nitrogens with one attached hydrogen (secondary N) is 2. The fraction of sp³-hybridized carbons (Fsp3) is 0.261. The molecule has 1 aromatic heterocycles. The second kappa shape index (κ2) is 9.09. The Balaban J connectivity index is 1.67. The fourth-order valence-corrected chi connectivity index (χ4v) is 4.05. The SMILES string of the molecule is Cc1cc(C)c(NC(=O)CSc2nc(C)c(Cc3ccccc3)c(=O)[nH]2)c(C)c1. The van der Waals surface area contributed by atoms with Crippen molar-refractivity contribution in [1.29, 1.82) is 0 Å². The molecule has 0 aliphatic heterocycles. The van der Waals surface area contributed by atoms with Gasteiger partial charge in [-0.2, -0.15) is 0 Å². The highest BCUT2D eigenvalue weighted by atomic mass is 32.2. The minimum Gasteiger partial charge on any atom is -0.325 e. The van der Waals surface area contributed by atoms with Crippen LogP contribution in [-0.2, 0) is 11.2 Å². The van der Waals surface area contributed by atoms with Crippen molar-refractivity contribution < 1.29 is 4.79 Å². The van der Waals surface area contributed by atoms with E-state index in [1.807, 2.05) is 70.2 Å². The lowest BCUT2D eigenvalue weighted by molar-refractivity contribution is -0.113. The maximum absolute atomic E-state index is 12.5. The van der Waals surface area contributed by atoms with Gasteiger partial charge in [0.25, 0.3) is 5.56 Å². The van der Waals surface area contributed by atoms with Gasteiger partial charge in [0.15, 0.2) is 5.16 Å². The van der Waals surface area contributed by atoms with Crippen molar-refractivity contribution in [2.24, 2.45) is 0 Å². The van der Waals surface area contributed by atoms with Crippen LogP contribution in [0.15, 0.2) is 52.4 Å². The number of aromatic nitrogens is 2. The van der Waals surface area contributed by atoms with Crippen molar-refractivity contribution in [3.63, 3.8) is 0 Å². The molecule has 0 saturated heterocycles. The van der Waals surface area contributed by atoms with Crippen molar-refractivity contribution in [3.8, 4) is 0 Å². The predicted molar refractivity (Wildman–Crippen MR) is 119 cm³/mol. The summed E-state index contributed by atoms with van der Waals surface area (Å²) in [4.78, 5) is 32.2. The molecule has 1 amide bonds. The number of hydrogen-bond donors (Lipinski definition) is 2. The van der Waals surface area contributed by atoms with E-state index in [0.717, 1.165) is 22.4 Å². The van der Waals surface area contributed by atoms with Gasteiger partial charge in [0.05, 0.1) is 5.75 Å². The molecule has 3 aromatic rings. The summed E-state index contributed by atoms with van der Waals surface area (Å²) in [5.41, 5.74) is 6.32. The quantitative estimate of drug-likeness (QED) is 0.471. The van der Waals surface area contributed by atoms with Crippen LogP contribution in [0.3, 0.4) is 0 Å². The van der Waals surface area contributed by atoms with Gasteiger partial charge in [0.1, 0.15) is 0 Å². The van der Waals surface area contributed by atoms with Gasteiger partial charge in [0.2, 0.25) is 5.91 Å². The predicted octanol–water partition coefficient (Wildman–Crippen LogP) is 4.33. The summed E-state index contributed by atoms with van der Waals surface area (Å²) >= 11 is 1.23. The molecule has 29 heavy (non-hydrogen) atoms. The molecule has 6 heteroatoms. The first-order chi connectivity index (χ1) is 13.8. The number of anilines is 1. The van der Waals surface area contributed by atoms with Crippen LogP contribution in [0.4, 0.5) is 5.69 Å². The second-order valence-electron chi connectivity index (χ2n) is 7.21. The molecular formula is C23H25N3O2S. The van der Waals surface area contributed by atoms with Gasteiger partial charge in [-0.3, -0.25) is 9.59 Å². The standard InChI is InChI=1S/C23H25N3O2S/c1-14-10-15(2)21(16(3)11-14)25-20(27)13-29-23-24-17(4)19(22(28)26-23)12-18-8-6-5-7-9-18/h5-11H,12-13H2,1-4H3,(H,25,27)(H,24,26,28). The second-order valence-corrected chi connectivity index (χ2v) is 8.17. The van der Waals surface area contributed by atoms with E-state index in [1.54, 1.807) is 0 Å². The third-order valence-corrected chi connectivity index (χ3v) is 5.58. The molecule has 0 radical (unpaired) electrons. The average molecular weight is 408 g/mol. The molecule has 5 nitrogen and oxygen atoms in total. The number of nitrogens with zero attached hydrogens (tertiary/aromatic N) is 1. The highest BCUT2D eigenvalue weighted by Crippen LogP contribution is 2.22. The highest BCUT2D eigenvalue weighted by Gasteiger charge is 2.12. The van der Waals surface area contributed by atoms with Gasteiger partial charge in [-0.15, -0.1) is 0 Å². The Labute approximate surface area is 175 Å². The third-order valence-electron chi connectivity index (χ3n) is 4.71. The molecular weight excluding hydrogens is 382 g/mol. The number of benzene rings is 2. The lowest BCUT2D eigenvalue weighted by Gasteiger charge is -2.13. The lowest BCUT2D eigenvalue weighted by atomic mass is 10.1. The number of carbonyl (C=O) groups excluding carboxylic acids is 1. The molecule has 0 aliphatic carbocycles. The zero-order chi connectivity index (χ0) is 21.0. The first-order valence-electron chi connectivity index (χ1n) is 9.47. The van der Waals surface area contributed by atoms with Gasteiger partial charge in [-0.25, -0.2) is 4.98 Å². The van der Waals surface area contributed by atoms with E-state index < -0.39 is 0 Å². The highest BCUT2D eigenvalue weighted by molar-refractivity contribution is 7.99. The summed E-state index contributed by atoms with van der Waals surface area (Å²) in [6.07, 6.45) is 0.534. The minimum atomic E-state index is -0.158. The molecule has 0 saturated carbocycles. The Bertz CT molecular complexity index is 1070. The first-order valence-corrected chi connectivity index (χ1v) is 10.5. The van der Waals surface area contributed by atoms with E-state index in [2.05, 4.69) is 15.3 Å². The molecule has 2 aromatic carbocycles. The average Bonchev–Trinajstić information content (AvgIpc) is 2.67. The van der Waals surface area contributed by atoms with Crippen molar-refractivity contribution in [2.75, 3.05) is 11.1 Å². The molecule has 0 unspecified atom stereocenters. The minimum absolute atomic E-state index is 0.126. The topological polar surface area (TPSA) is 74.8 Å². The molecule has 0 fully saturated rings. The zero-order valence-corrected chi connectivity index (χ0v) is 17.9. The van der Waals surface area contributed by atoms with Gasteiger partial charge < -0.3 is 10.3 Å². The normalized spacial score (nSPS) is 10.8. The van der Waals surface area contributed by atoms with Crippen LogP contribution in [0.5, 0.6) is 0 Å². The Kier molecular flexibility index (Phi) is 6.54. The maximum atomic E-state index is 12.5. The van der Waals surface area contributed by atoms with Crippen molar-refractivity contribution in [2.45, 2.75) is 39.3 Å². The van der Waals surface area contributed by atoms with E-state index in [0.29, 0.717) is 22.8 Å².